The molecule has 0 aliphatic heterocycles. The fraction of sp³-hybridized carbons (Fsp3) is 0.0870. The maximum Gasteiger partial charge on any atom is 0.136 e. The van der Waals surface area contributed by atoms with Crippen LogP contribution in [0.5, 0.6) is 0 Å². The van der Waals surface area contributed by atoms with E-state index in [9.17, 15) is 0 Å². The summed E-state index contributed by atoms with van der Waals surface area (Å²) in [5.41, 5.74) is 10.3. The van der Waals surface area contributed by atoms with Crippen molar-refractivity contribution < 1.29 is 5.79 Å². The maximum absolute atomic E-state index is 8.07. The van der Waals surface area contributed by atoms with Gasteiger partial charge in [-0.15, -0.1) is 0 Å². The summed E-state index contributed by atoms with van der Waals surface area (Å²) >= 11 is 0. The molecule has 0 atom stereocenters. The molecule has 8 aromatic carbocycles. The highest BCUT2D eigenvalue weighted by molar-refractivity contribution is 6.26. The first-order valence-electron chi connectivity index (χ1n) is 16.8. The van der Waals surface area contributed by atoms with E-state index in [-0.39, 0.29) is 5.41 Å². The molecule has 9 rings (SSSR count). The summed E-state index contributed by atoms with van der Waals surface area (Å²) in [6, 6.07) is 52.6. The Morgan fingerprint density at radius 2 is 1.11 bits per heavy atom. The highest BCUT2D eigenvalue weighted by Crippen LogP contribution is 2.48. The van der Waals surface area contributed by atoms with Crippen molar-refractivity contribution in [2.24, 2.45) is 0 Å². The van der Waals surface area contributed by atoms with Crippen LogP contribution in [0.4, 0.5) is 0 Å². The molecule has 0 spiro atoms. The zero-order chi connectivity index (χ0) is 32.6. The molecule has 1 aromatic heterocycles. The molecule has 0 amide bonds. The van der Waals surface area contributed by atoms with E-state index in [0.29, 0.717) is 6.04 Å². The molecule has 0 N–H and O–H groups in total. The van der Waals surface area contributed by atoms with Gasteiger partial charge < -0.3 is 4.42 Å². The molecular weight excluding hydrogens is 569 g/mol. The van der Waals surface area contributed by atoms with Crippen LogP contribution in [0.15, 0.2) is 156 Å². The fourth-order valence-corrected chi connectivity index (χ4v) is 7.46. The van der Waals surface area contributed by atoms with Gasteiger partial charge in [-0.2, -0.15) is 0 Å². The summed E-state index contributed by atoms with van der Waals surface area (Å²) in [5.74, 6) is 0. The van der Waals surface area contributed by atoms with Crippen molar-refractivity contribution in [2.75, 3.05) is 0 Å². The van der Waals surface area contributed by atoms with Gasteiger partial charge in [-0.25, -0.2) is 0 Å². The molecule has 0 bridgehead atoms. The van der Waals surface area contributed by atoms with Crippen molar-refractivity contribution in [3.63, 3.8) is 0 Å². The summed E-state index contributed by atoms with van der Waals surface area (Å²) in [6.45, 7) is 6.73. The Morgan fingerprint density at radius 3 is 1.81 bits per heavy atom. The number of benzene rings is 8. The Hall–Kier alpha value is -5.66. The van der Waals surface area contributed by atoms with Gasteiger partial charge >= 0.3 is 0 Å². The fourth-order valence-electron chi connectivity index (χ4n) is 7.46. The predicted octanol–water partition coefficient (Wildman–Crippen LogP) is 13.3. The van der Waals surface area contributed by atoms with Crippen LogP contribution in [-0.2, 0) is 5.41 Å². The number of furan rings is 1. The second kappa shape index (κ2) is 10.4. The van der Waals surface area contributed by atoms with Crippen molar-refractivity contribution in [3.05, 3.63) is 157 Å². The average molecular weight is 604 g/mol. The van der Waals surface area contributed by atoms with E-state index in [2.05, 4.69) is 148 Å². The third-order valence-electron chi connectivity index (χ3n) is 9.76. The zero-order valence-corrected chi connectivity index (χ0v) is 26.8. The van der Waals surface area contributed by atoms with E-state index in [0.717, 1.165) is 38.3 Å². The molecule has 0 aliphatic carbocycles. The van der Waals surface area contributed by atoms with Gasteiger partial charge in [-0.05, 0) is 94.9 Å². The van der Waals surface area contributed by atoms with E-state index in [1.165, 1.54) is 54.9 Å². The molecule has 224 valence electrons. The van der Waals surface area contributed by atoms with Crippen molar-refractivity contribution >= 4 is 54.3 Å². The van der Waals surface area contributed by atoms with Gasteiger partial charge in [0.2, 0.25) is 0 Å². The maximum atomic E-state index is 8.07. The van der Waals surface area contributed by atoms with Crippen LogP contribution >= 0.6 is 0 Å². The van der Waals surface area contributed by atoms with Gasteiger partial charge in [0.25, 0.3) is 0 Å². The molecule has 1 heterocycles. The lowest BCUT2D eigenvalue weighted by Crippen LogP contribution is -2.10. The normalized spacial score (nSPS) is 12.4. The minimum atomic E-state index is 0.0346. The van der Waals surface area contributed by atoms with Gasteiger partial charge in [-0.3, -0.25) is 0 Å². The van der Waals surface area contributed by atoms with Crippen LogP contribution in [0.3, 0.4) is 0 Å². The Balaban J connectivity index is 1.35. The second-order valence-electron chi connectivity index (χ2n) is 13.6. The van der Waals surface area contributed by atoms with E-state index in [1.807, 2.05) is 18.2 Å². The Labute approximate surface area is 276 Å². The summed E-state index contributed by atoms with van der Waals surface area (Å²) in [6.07, 6.45) is 0. The lowest BCUT2D eigenvalue weighted by Gasteiger charge is -2.20. The Bertz CT molecular complexity index is 2670. The van der Waals surface area contributed by atoms with Crippen molar-refractivity contribution in [2.45, 2.75) is 26.2 Å². The number of rotatable bonds is 3. The van der Waals surface area contributed by atoms with Crippen molar-refractivity contribution in [1.29, 1.82) is 0 Å². The van der Waals surface area contributed by atoms with Gasteiger partial charge in [-0.1, -0.05) is 154 Å². The first kappa shape index (κ1) is 26.5. The number of fused-ring (bicyclic) bond motifs is 6. The van der Waals surface area contributed by atoms with Crippen LogP contribution < -0.4 is 0 Å². The molecule has 0 saturated heterocycles. The number of hydrogen-bond donors (Lipinski definition) is 0. The molecule has 0 radical (unpaired) electrons. The lowest BCUT2D eigenvalue weighted by molar-refractivity contribution is 0.587. The first-order chi connectivity index (χ1) is 23.3. The zero-order valence-electron chi connectivity index (χ0n) is 27.8. The minimum Gasteiger partial charge on any atom is -0.456 e. The molecule has 0 saturated carbocycles. The number of hydrogen-bond acceptors (Lipinski definition) is 1. The molecule has 0 fully saturated rings. The molecular formula is C46H34O. The molecule has 0 unspecified atom stereocenters. The van der Waals surface area contributed by atoms with E-state index >= 15 is 0 Å². The third kappa shape index (κ3) is 4.38. The SMILES string of the molecule is [2H]c1ccc2cc(-c3ccccc3-c3c4ccccc4c(-c4cccc5oc6cc(C(C)(C)C)ccc6c45)c4ccccc34)ccc2c1. The minimum absolute atomic E-state index is 0.0346. The lowest BCUT2D eigenvalue weighted by atomic mass is 9.83. The highest BCUT2D eigenvalue weighted by Gasteiger charge is 2.22. The Kier molecular flexibility index (Phi) is 5.90. The van der Waals surface area contributed by atoms with E-state index in [4.69, 9.17) is 5.79 Å². The van der Waals surface area contributed by atoms with Crippen molar-refractivity contribution in [3.8, 4) is 33.4 Å². The molecule has 9 aromatic rings. The second-order valence-corrected chi connectivity index (χ2v) is 13.6. The van der Waals surface area contributed by atoms with Crippen LogP contribution in [0.2, 0.25) is 0 Å². The molecule has 1 nitrogen and oxygen atoms in total. The van der Waals surface area contributed by atoms with Gasteiger partial charge in [0.05, 0.1) is 1.37 Å². The largest absolute Gasteiger partial charge is 0.456 e. The van der Waals surface area contributed by atoms with E-state index in [1.54, 1.807) is 0 Å². The third-order valence-corrected chi connectivity index (χ3v) is 9.76. The molecule has 47 heavy (non-hydrogen) atoms. The van der Waals surface area contributed by atoms with Gasteiger partial charge in [0, 0.05) is 10.8 Å². The van der Waals surface area contributed by atoms with Gasteiger partial charge in [0.15, 0.2) is 0 Å². The summed E-state index contributed by atoms with van der Waals surface area (Å²) in [5, 5.41) is 9.40. The first-order valence-corrected chi connectivity index (χ1v) is 16.3. The van der Waals surface area contributed by atoms with Crippen molar-refractivity contribution in [1.82, 2.24) is 0 Å². The van der Waals surface area contributed by atoms with Crippen LogP contribution in [-0.4, -0.2) is 0 Å². The topological polar surface area (TPSA) is 13.1 Å². The molecule has 0 aliphatic rings. The summed E-state index contributed by atoms with van der Waals surface area (Å²) in [4.78, 5) is 0. The monoisotopic (exact) mass is 603 g/mol. The Morgan fingerprint density at radius 1 is 0.468 bits per heavy atom. The van der Waals surface area contributed by atoms with Crippen LogP contribution in [0.1, 0.15) is 27.7 Å². The smallest absolute Gasteiger partial charge is 0.136 e. The van der Waals surface area contributed by atoms with Crippen LogP contribution in [0.25, 0.3) is 87.6 Å². The predicted molar refractivity (Wildman–Crippen MR) is 201 cm³/mol. The quantitative estimate of drug-likeness (QED) is 0.183. The van der Waals surface area contributed by atoms with Gasteiger partial charge in [0.1, 0.15) is 11.2 Å². The average Bonchev–Trinajstić information content (AvgIpc) is 3.48. The molecule has 1 heteroatoms. The standard InChI is InChI=1S/C46H34O/c1-46(2,3)32-25-26-39-42(28-32)47-41-22-12-21-40(45(39)41)44-37-19-10-8-17-35(37)43(36-18-9-11-20-38(36)44)34-16-7-6-15-33(34)31-24-23-29-13-4-5-14-30(29)27-31/h4-28H,1-3H3/i4D. The van der Waals surface area contributed by atoms with E-state index < -0.39 is 0 Å². The van der Waals surface area contributed by atoms with Crippen LogP contribution in [0, 0.1) is 0 Å². The summed E-state index contributed by atoms with van der Waals surface area (Å²) < 4.78 is 14.6. The highest BCUT2D eigenvalue weighted by atomic mass is 16.3. The summed E-state index contributed by atoms with van der Waals surface area (Å²) in [7, 11) is 0.